The maximum atomic E-state index is 12.9. The van der Waals surface area contributed by atoms with Gasteiger partial charge < -0.3 is 20.3 Å². The fourth-order valence-electron chi connectivity index (χ4n) is 3.52. The lowest BCUT2D eigenvalue weighted by atomic mass is 10.1. The van der Waals surface area contributed by atoms with E-state index < -0.39 is 0 Å². The number of nitrogens with one attached hydrogen (secondary N) is 2. The van der Waals surface area contributed by atoms with Gasteiger partial charge in [0, 0.05) is 12.2 Å². The van der Waals surface area contributed by atoms with Crippen molar-refractivity contribution in [1.29, 1.82) is 0 Å². The number of nitrogens with zero attached hydrogens (tertiary/aromatic N) is 1. The van der Waals surface area contributed by atoms with Gasteiger partial charge in [0.15, 0.2) is 0 Å². The maximum absolute atomic E-state index is 12.9. The van der Waals surface area contributed by atoms with Gasteiger partial charge in [0.2, 0.25) is 0 Å². The Labute approximate surface area is 216 Å². The van der Waals surface area contributed by atoms with Crippen LogP contribution in [0.5, 0.6) is 5.75 Å². The first kappa shape index (κ1) is 26.5. The Kier molecular flexibility index (Phi) is 9.97. The molecule has 0 aromatic heterocycles. The van der Waals surface area contributed by atoms with Crippen LogP contribution in [0.2, 0.25) is 10.0 Å². The van der Waals surface area contributed by atoms with Crippen molar-refractivity contribution in [2.75, 3.05) is 36.9 Å². The van der Waals surface area contributed by atoms with Crippen LogP contribution < -0.4 is 15.4 Å². The molecule has 2 N–H and O–H groups in total. The molecule has 0 spiro atoms. The number of halogens is 2. The number of amides is 2. The normalized spacial score (nSPS) is 10.8. The number of hydrogen-bond donors (Lipinski definition) is 2. The Bertz CT molecular complexity index is 1170. The van der Waals surface area contributed by atoms with Crippen LogP contribution in [0, 0.1) is 0 Å². The maximum Gasteiger partial charge on any atom is 0.257 e. The lowest BCUT2D eigenvalue weighted by Gasteiger charge is -2.19. The predicted octanol–water partition coefficient (Wildman–Crippen LogP) is 6.61. The number of carbonyl (C=O) groups excluding carboxylic acids is 2. The summed E-state index contributed by atoms with van der Waals surface area (Å²) in [6.45, 7) is 7.62. The topological polar surface area (TPSA) is 70.7 Å². The van der Waals surface area contributed by atoms with Crippen LogP contribution in [0.25, 0.3) is 0 Å². The van der Waals surface area contributed by atoms with Crippen LogP contribution in [0.1, 0.15) is 41.0 Å². The average molecular weight is 514 g/mol. The first-order valence-corrected chi connectivity index (χ1v) is 12.3. The summed E-state index contributed by atoms with van der Waals surface area (Å²) in [5.74, 6) is -0.231. The molecular formula is C27H29Cl2N3O3. The minimum atomic E-state index is -0.377. The van der Waals surface area contributed by atoms with Crippen molar-refractivity contribution in [1.82, 2.24) is 4.90 Å². The molecule has 35 heavy (non-hydrogen) atoms. The van der Waals surface area contributed by atoms with E-state index in [4.69, 9.17) is 27.9 Å². The molecule has 6 nitrogen and oxygen atoms in total. The van der Waals surface area contributed by atoms with Crippen LogP contribution >= 0.6 is 23.2 Å². The van der Waals surface area contributed by atoms with Crippen molar-refractivity contribution in [3.8, 4) is 5.75 Å². The van der Waals surface area contributed by atoms with Crippen molar-refractivity contribution in [3.63, 3.8) is 0 Å². The number of benzene rings is 3. The molecule has 2 amide bonds. The number of ether oxygens (including phenoxy) is 1. The second-order valence-corrected chi connectivity index (χ2v) is 8.62. The molecule has 0 aliphatic heterocycles. The van der Waals surface area contributed by atoms with E-state index in [9.17, 15) is 9.59 Å². The SMILES string of the molecule is CCN(CC)CCCOc1ccc(NC(=O)c2ccccc2Cl)cc1NC(=O)c1ccccc1Cl. The highest BCUT2D eigenvalue weighted by molar-refractivity contribution is 6.35. The second kappa shape index (κ2) is 13.1. The van der Waals surface area contributed by atoms with E-state index in [0.29, 0.717) is 44.9 Å². The minimum Gasteiger partial charge on any atom is -0.491 e. The fraction of sp³-hybridized carbons (Fsp3) is 0.259. The minimum absolute atomic E-state index is 0.340. The molecule has 0 aliphatic rings. The van der Waals surface area contributed by atoms with Crippen molar-refractivity contribution in [2.45, 2.75) is 20.3 Å². The highest BCUT2D eigenvalue weighted by atomic mass is 35.5. The molecule has 0 radical (unpaired) electrons. The second-order valence-electron chi connectivity index (χ2n) is 7.81. The van der Waals surface area contributed by atoms with Gasteiger partial charge in [0.25, 0.3) is 11.8 Å². The number of carbonyl (C=O) groups is 2. The molecule has 8 heteroatoms. The molecule has 184 valence electrons. The van der Waals surface area contributed by atoms with E-state index in [-0.39, 0.29) is 11.8 Å². The molecule has 0 bridgehead atoms. The zero-order valence-electron chi connectivity index (χ0n) is 19.8. The molecule has 3 rings (SSSR count). The Morgan fingerprint density at radius 1 is 0.829 bits per heavy atom. The number of hydrogen-bond acceptors (Lipinski definition) is 4. The van der Waals surface area contributed by atoms with Gasteiger partial charge in [-0.05, 0) is 62.0 Å². The van der Waals surface area contributed by atoms with Crippen LogP contribution in [-0.2, 0) is 0 Å². The zero-order chi connectivity index (χ0) is 25.2. The third-order valence-electron chi connectivity index (χ3n) is 5.49. The first-order chi connectivity index (χ1) is 16.9. The molecule has 0 aliphatic carbocycles. The van der Waals surface area contributed by atoms with Crippen molar-refractivity contribution in [3.05, 3.63) is 87.9 Å². The van der Waals surface area contributed by atoms with Crippen LogP contribution in [-0.4, -0.2) is 43.0 Å². The smallest absolute Gasteiger partial charge is 0.257 e. The van der Waals surface area contributed by atoms with Gasteiger partial charge in [-0.25, -0.2) is 0 Å². The predicted molar refractivity (Wildman–Crippen MR) is 143 cm³/mol. The molecule has 0 fully saturated rings. The van der Waals surface area contributed by atoms with E-state index in [1.165, 1.54) is 0 Å². The highest BCUT2D eigenvalue weighted by Gasteiger charge is 2.16. The quantitative estimate of drug-likeness (QED) is 0.283. The Hall–Kier alpha value is -3.06. The van der Waals surface area contributed by atoms with Crippen LogP contribution in [0.3, 0.4) is 0 Å². The summed E-state index contributed by atoms with van der Waals surface area (Å²) in [4.78, 5) is 28.0. The summed E-state index contributed by atoms with van der Waals surface area (Å²) in [7, 11) is 0. The van der Waals surface area contributed by atoms with Gasteiger partial charge >= 0.3 is 0 Å². The van der Waals surface area contributed by atoms with Crippen molar-refractivity contribution < 1.29 is 14.3 Å². The molecule has 3 aromatic carbocycles. The van der Waals surface area contributed by atoms with E-state index in [0.717, 1.165) is 26.1 Å². The molecular weight excluding hydrogens is 485 g/mol. The standard InChI is InChI=1S/C27H29Cl2N3O3/c1-3-32(4-2)16-9-17-35-25-15-14-19(30-26(33)20-10-5-7-12-22(20)28)18-24(25)31-27(34)21-11-6-8-13-23(21)29/h5-8,10-15,18H,3-4,9,16-17H2,1-2H3,(H,30,33)(H,31,34). The fourth-order valence-corrected chi connectivity index (χ4v) is 3.96. The van der Waals surface area contributed by atoms with E-state index >= 15 is 0 Å². The zero-order valence-corrected chi connectivity index (χ0v) is 21.3. The van der Waals surface area contributed by atoms with Gasteiger partial charge in [-0.1, -0.05) is 61.3 Å². The lowest BCUT2D eigenvalue weighted by molar-refractivity contribution is 0.101. The number of rotatable bonds is 11. The monoisotopic (exact) mass is 513 g/mol. The first-order valence-electron chi connectivity index (χ1n) is 11.5. The summed E-state index contributed by atoms with van der Waals surface area (Å²) < 4.78 is 6.00. The van der Waals surface area contributed by atoms with Gasteiger partial charge in [-0.2, -0.15) is 0 Å². The molecule has 3 aromatic rings. The van der Waals surface area contributed by atoms with Gasteiger partial charge in [-0.15, -0.1) is 0 Å². The van der Waals surface area contributed by atoms with Crippen molar-refractivity contribution in [2.24, 2.45) is 0 Å². The summed E-state index contributed by atoms with van der Waals surface area (Å²) in [5.41, 5.74) is 1.61. The summed E-state index contributed by atoms with van der Waals surface area (Å²) in [6, 6.07) is 18.7. The Morgan fingerprint density at radius 2 is 1.40 bits per heavy atom. The lowest BCUT2D eigenvalue weighted by Crippen LogP contribution is -2.25. The Morgan fingerprint density at radius 3 is 1.97 bits per heavy atom. The van der Waals surface area contributed by atoms with Crippen LogP contribution in [0.15, 0.2) is 66.7 Å². The summed E-state index contributed by atoms with van der Waals surface area (Å²) in [6.07, 6.45) is 0.838. The largest absolute Gasteiger partial charge is 0.491 e. The van der Waals surface area contributed by atoms with E-state index in [2.05, 4.69) is 29.4 Å². The third kappa shape index (κ3) is 7.46. The molecule has 0 saturated heterocycles. The molecule has 0 atom stereocenters. The summed E-state index contributed by atoms with van der Waals surface area (Å²) in [5, 5.41) is 6.39. The van der Waals surface area contributed by atoms with Crippen molar-refractivity contribution >= 4 is 46.4 Å². The summed E-state index contributed by atoms with van der Waals surface area (Å²) >= 11 is 12.4. The van der Waals surface area contributed by atoms with E-state index in [1.807, 2.05) is 0 Å². The van der Waals surface area contributed by atoms with Gasteiger partial charge in [0.05, 0.1) is 33.5 Å². The van der Waals surface area contributed by atoms with Gasteiger partial charge in [0.1, 0.15) is 5.75 Å². The van der Waals surface area contributed by atoms with Gasteiger partial charge in [-0.3, -0.25) is 9.59 Å². The highest BCUT2D eigenvalue weighted by Crippen LogP contribution is 2.30. The Balaban J connectivity index is 1.79. The number of anilines is 2. The molecule has 0 saturated carbocycles. The molecule has 0 unspecified atom stereocenters. The van der Waals surface area contributed by atoms with E-state index in [1.54, 1.807) is 66.7 Å². The average Bonchev–Trinajstić information content (AvgIpc) is 2.85. The molecule has 0 heterocycles. The third-order valence-corrected chi connectivity index (χ3v) is 6.15. The van der Waals surface area contributed by atoms with Crippen LogP contribution in [0.4, 0.5) is 11.4 Å².